The summed E-state index contributed by atoms with van der Waals surface area (Å²) in [6.07, 6.45) is 6.78. The Morgan fingerprint density at radius 2 is 1.84 bits per heavy atom. The highest BCUT2D eigenvalue weighted by molar-refractivity contribution is 6.18. The van der Waals surface area contributed by atoms with Gasteiger partial charge in [0, 0.05) is 25.0 Å². The molecule has 1 saturated carbocycles. The molecule has 0 N–H and O–H groups in total. The van der Waals surface area contributed by atoms with E-state index in [2.05, 4.69) is 17.0 Å². The molecule has 0 atom stereocenters. The molecule has 0 saturated heterocycles. The molecule has 3 heteroatoms. The smallest absolute Gasteiger partial charge is 0.118 e. The van der Waals surface area contributed by atoms with Crippen LogP contribution in [0.3, 0.4) is 0 Å². The van der Waals surface area contributed by atoms with Crippen LogP contribution in [0.25, 0.3) is 0 Å². The molecule has 0 heterocycles. The normalized spacial score (nSPS) is 16.8. The van der Waals surface area contributed by atoms with Gasteiger partial charge in [-0.3, -0.25) is 4.90 Å². The lowest BCUT2D eigenvalue weighted by molar-refractivity contribution is 0.157. The maximum Gasteiger partial charge on any atom is 0.118 e. The number of hydrogen-bond donors (Lipinski definition) is 0. The van der Waals surface area contributed by atoms with Gasteiger partial charge < -0.3 is 4.74 Å². The van der Waals surface area contributed by atoms with E-state index in [1.54, 1.807) is 7.11 Å². The fourth-order valence-electron chi connectivity index (χ4n) is 2.91. The Bertz CT molecular complexity index is 360. The zero-order valence-electron chi connectivity index (χ0n) is 11.8. The van der Waals surface area contributed by atoms with Gasteiger partial charge in [-0.25, -0.2) is 0 Å². The molecule has 0 aliphatic heterocycles. The van der Waals surface area contributed by atoms with Gasteiger partial charge in [0.1, 0.15) is 5.75 Å². The van der Waals surface area contributed by atoms with Crippen LogP contribution in [0.4, 0.5) is 0 Å². The first kappa shape index (κ1) is 14.7. The molecule has 0 unspecified atom stereocenters. The topological polar surface area (TPSA) is 12.5 Å². The van der Waals surface area contributed by atoms with Crippen molar-refractivity contribution < 1.29 is 4.74 Å². The molecule has 1 aromatic rings. The van der Waals surface area contributed by atoms with Crippen molar-refractivity contribution in [3.05, 3.63) is 29.8 Å². The molecule has 1 aliphatic carbocycles. The Morgan fingerprint density at radius 1 is 1.16 bits per heavy atom. The van der Waals surface area contributed by atoms with Crippen LogP contribution in [0, 0.1) is 0 Å². The highest BCUT2D eigenvalue weighted by Crippen LogP contribution is 2.24. The van der Waals surface area contributed by atoms with Gasteiger partial charge in [-0.05, 0) is 30.5 Å². The summed E-state index contributed by atoms with van der Waals surface area (Å²) in [6.45, 7) is 1.99. The third-order valence-electron chi connectivity index (χ3n) is 4.01. The summed E-state index contributed by atoms with van der Waals surface area (Å²) in [7, 11) is 1.71. The van der Waals surface area contributed by atoms with E-state index in [0.717, 1.165) is 24.9 Å². The number of halogens is 1. The lowest BCUT2D eigenvalue weighted by Gasteiger charge is -2.34. The third-order valence-corrected chi connectivity index (χ3v) is 4.18. The summed E-state index contributed by atoms with van der Waals surface area (Å²) in [5.74, 6) is 1.64. The minimum atomic E-state index is 0.715. The van der Waals surface area contributed by atoms with Crippen LogP contribution in [-0.4, -0.2) is 30.5 Å². The lowest BCUT2D eigenvalue weighted by Crippen LogP contribution is -2.37. The zero-order valence-corrected chi connectivity index (χ0v) is 12.5. The van der Waals surface area contributed by atoms with Gasteiger partial charge in [-0.15, -0.1) is 11.6 Å². The van der Waals surface area contributed by atoms with Crippen molar-refractivity contribution in [1.82, 2.24) is 4.90 Å². The minimum absolute atomic E-state index is 0.715. The second kappa shape index (κ2) is 7.76. The molecule has 2 nitrogen and oxygen atoms in total. The molecular weight excluding hydrogens is 258 g/mol. The fourth-order valence-corrected chi connectivity index (χ4v) is 3.13. The predicted octanol–water partition coefficient (Wildman–Crippen LogP) is 4.07. The van der Waals surface area contributed by atoms with E-state index >= 15 is 0 Å². The van der Waals surface area contributed by atoms with Gasteiger partial charge in [0.25, 0.3) is 0 Å². The maximum atomic E-state index is 5.97. The predicted molar refractivity (Wildman–Crippen MR) is 81.0 cm³/mol. The number of hydrogen-bond acceptors (Lipinski definition) is 2. The Kier molecular flexibility index (Phi) is 5.99. The molecule has 0 spiro atoms. The van der Waals surface area contributed by atoms with Crippen LogP contribution in [0.5, 0.6) is 5.75 Å². The molecule has 1 aromatic carbocycles. The van der Waals surface area contributed by atoms with Gasteiger partial charge in [-0.2, -0.15) is 0 Å². The third kappa shape index (κ3) is 4.39. The highest BCUT2D eigenvalue weighted by Gasteiger charge is 2.20. The monoisotopic (exact) mass is 281 g/mol. The average Bonchev–Trinajstić information content (AvgIpc) is 2.48. The lowest BCUT2D eigenvalue weighted by atomic mass is 9.94. The molecule has 0 radical (unpaired) electrons. The molecule has 0 aromatic heterocycles. The summed E-state index contributed by atoms with van der Waals surface area (Å²) in [6, 6.07) is 9.10. The summed E-state index contributed by atoms with van der Waals surface area (Å²) in [5, 5.41) is 0. The summed E-state index contributed by atoms with van der Waals surface area (Å²) in [4.78, 5) is 2.55. The number of alkyl halides is 1. The first-order chi connectivity index (χ1) is 9.33. The quantitative estimate of drug-likeness (QED) is 0.729. The van der Waals surface area contributed by atoms with E-state index in [1.807, 2.05) is 12.1 Å². The molecule has 106 valence electrons. The van der Waals surface area contributed by atoms with Gasteiger partial charge >= 0.3 is 0 Å². The van der Waals surface area contributed by atoms with Gasteiger partial charge in [0.2, 0.25) is 0 Å². The van der Waals surface area contributed by atoms with Crippen LogP contribution in [0.15, 0.2) is 24.3 Å². The van der Waals surface area contributed by atoms with Crippen LogP contribution in [-0.2, 0) is 6.54 Å². The van der Waals surface area contributed by atoms with Crippen LogP contribution in [0.2, 0.25) is 0 Å². The van der Waals surface area contributed by atoms with Crippen molar-refractivity contribution in [1.29, 1.82) is 0 Å². The Morgan fingerprint density at radius 3 is 2.42 bits per heavy atom. The van der Waals surface area contributed by atoms with E-state index in [-0.39, 0.29) is 0 Å². The molecule has 1 aliphatic rings. The average molecular weight is 282 g/mol. The largest absolute Gasteiger partial charge is 0.497 e. The molecule has 19 heavy (non-hydrogen) atoms. The van der Waals surface area contributed by atoms with Gasteiger partial charge in [-0.1, -0.05) is 31.4 Å². The first-order valence-electron chi connectivity index (χ1n) is 7.26. The van der Waals surface area contributed by atoms with Crippen molar-refractivity contribution in [3.63, 3.8) is 0 Å². The van der Waals surface area contributed by atoms with Gasteiger partial charge in [0.05, 0.1) is 7.11 Å². The zero-order chi connectivity index (χ0) is 13.5. The van der Waals surface area contributed by atoms with E-state index in [0.29, 0.717) is 5.88 Å². The van der Waals surface area contributed by atoms with Crippen LogP contribution in [0.1, 0.15) is 37.7 Å². The number of nitrogens with zero attached hydrogens (tertiary/aromatic N) is 1. The van der Waals surface area contributed by atoms with Gasteiger partial charge in [0.15, 0.2) is 0 Å². The number of rotatable bonds is 6. The highest BCUT2D eigenvalue weighted by atomic mass is 35.5. The van der Waals surface area contributed by atoms with E-state index in [1.165, 1.54) is 37.7 Å². The van der Waals surface area contributed by atoms with Crippen molar-refractivity contribution in [3.8, 4) is 5.75 Å². The second-order valence-corrected chi connectivity index (χ2v) is 5.68. The van der Waals surface area contributed by atoms with Crippen molar-refractivity contribution in [2.24, 2.45) is 0 Å². The number of benzene rings is 1. The Labute approximate surface area is 121 Å². The number of ether oxygens (including phenoxy) is 1. The molecule has 0 amide bonds. The summed E-state index contributed by atoms with van der Waals surface area (Å²) >= 11 is 5.97. The van der Waals surface area contributed by atoms with E-state index < -0.39 is 0 Å². The SMILES string of the molecule is COc1ccc(CN(CCCl)C2CCCCC2)cc1. The Balaban J connectivity index is 1.97. The Hall–Kier alpha value is -0.730. The minimum Gasteiger partial charge on any atom is -0.497 e. The van der Waals surface area contributed by atoms with Crippen molar-refractivity contribution in [2.75, 3.05) is 19.5 Å². The summed E-state index contributed by atoms with van der Waals surface area (Å²) in [5.41, 5.74) is 1.34. The van der Waals surface area contributed by atoms with E-state index in [9.17, 15) is 0 Å². The standard InChI is InChI=1S/C16H24ClNO/c1-19-16-9-7-14(8-10-16)13-18(12-11-17)15-5-3-2-4-6-15/h7-10,15H,2-6,11-13H2,1H3. The van der Waals surface area contributed by atoms with Crippen molar-refractivity contribution >= 4 is 11.6 Å². The second-order valence-electron chi connectivity index (χ2n) is 5.30. The van der Waals surface area contributed by atoms with Crippen LogP contribution < -0.4 is 4.74 Å². The fraction of sp³-hybridized carbons (Fsp3) is 0.625. The molecule has 1 fully saturated rings. The van der Waals surface area contributed by atoms with E-state index in [4.69, 9.17) is 16.3 Å². The summed E-state index contributed by atoms with van der Waals surface area (Å²) < 4.78 is 5.20. The molecular formula is C16H24ClNO. The van der Waals surface area contributed by atoms with Crippen molar-refractivity contribution in [2.45, 2.75) is 44.7 Å². The molecule has 0 bridgehead atoms. The first-order valence-corrected chi connectivity index (χ1v) is 7.80. The number of methoxy groups -OCH3 is 1. The maximum absolute atomic E-state index is 5.97. The molecule has 2 rings (SSSR count). The van der Waals surface area contributed by atoms with Crippen LogP contribution >= 0.6 is 11.6 Å².